The number of rotatable bonds is 7. The van der Waals surface area contributed by atoms with Gasteiger partial charge in [0.2, 0.25) is 11.8 Å². The number of carboxylic acid groups (broad SMARTS) is 1. The number of aromatic nitrogens is 2. The van der Waals surface area contributed by atoms with Crippen molar-refractivity contribution in [3.05, 3.63) is 11.7 Å². The summed E-state index contributed by atoms with van der Waals surface area (Å²) in [6, 6.07) is 0. The third-order valence-electron chi connectivity index (χ3n) is 3.01. The Morgan fingerprint density at radius 1 is 1.29 bits per heavy atom. The first-order valence-electron chi connectivity index (χ1n) is 6.99. The van der Waals surface area contributed by atoms with Crippen LogP contribution in [0.4, 0.5) is 0 Å². The zero-order valence-electron chi connectivity index (χ0n) is 13.0. The van der Waals surface area contributed by atoms with E-state index in [9.17, 15) is 9.59 Å². The Balaban J connectivity index is 2.34. The Bertz CT molecular complexity index is 491. The molecule has 0 bridgehead atoms. The maximum atomic E-state index is 11.8. The van der Waals surface area contributed by atoms with Gasteiger partial charge in [0.25, 0.3) is 0 Å². The molecule has 1 rings (SSSR count). The van der Waals surface area contributed by atoms with Crippen molar-refractivity contribution in [3.8, 4) is 0 Å². The quantitative estimate of drug-likeness (QED) is 0.821. The molecule has 0 saturated carbocycles. The average Bonchev–Trinajstić information content (AvgIpc) is 2.84. The third kappa shape index (κ3) is 5.93. The zero-order valence-corrected chi connectivity index (χ0v) is 13.0. The summed E-state index contributed by atoms with van der Waals surface area (Å²) in [6.45, 7) is 6.23. The van der Waals surface area contributed by atoms with Crippen LogP contribution in [0.25, 0.3) is 0 Å². The average molecular weight is 297 g/mol. The Labute approximate surface area is 124 Å². The second-order valence-corrected chi connectivity index (χ2v) is 6.07. The van der Waals surface area contributed by atoms with Gasteiger partial charge in [-0.2, -0.15) is 4.98 Å². The highest BCUT2D eigenvalue weighted by atomic mass is 16.5. The lowest BCUT2D eigenvalue weighted by atomic mass is 9.96. The van der Waals surface area contributed by atoms with Crippen LogP contribution in [0.15, 0.2) is 4.52 Å². The smallest absolute Gasteiger partial charge is 0.305 e. The molecule has 0 saturated heterocycles. The fraction of sp³-hybridized carbons (Fsp3) is 0.714. The van der Waals surface area contributed by atoms with E-state index in [1.54, 1.807) is 7.05 Å². The van der Waals surface area contributed by atoms with Crippen molar-refractivity contribution in [1.82, 2.24) is 15.0 Å². The highest BCUT2D eigenvalue weighted by Gasteiger charge is 2.20. The second-order valence-electron chi connectivity index (χ2n) is 6.07. The molecule has 0 aromatic carbocycles. The highest BCUT2D eigenvalue weighted by Crippen LogP contribution is 2.18. The van der Waals surface area contributed by atoms with E-state index >= 15 is 0 Å². The fourth-order valence-corrected chi connectivity index (χ4v) is 1.63. The number of hydrogen-bond acceptors (Lipinski definition) is 5. The molecule has 7 nitrogen and oxygen atoms in total. The largest absolute Gasteiger partial charge is 0.481 e. The normalized spacial score (nSPS) is 11.4. The molecule has 0 unspecified atom stereocenters. The minimum atomic E-state index is -0.907. The number of aryl methyl sites for hydroxylation is 1. The number of carboxylic acids is 1. The number of nitrogens with zero attached hydrogens (tertiary/aromatic N) is 3. The molecule has 7 heteroatoms. The van der Waals surface area contributed by atoms with Crippen LogP contribution in [0, 0.1) is 0 Å². The van der Waals surface area contributed by atoms with Crippen molar-refractivity contribution < 1.29 is 19.2 Å². The lowest BCUT2D eigenvalue weighted by Crippen LogP contribution is -2.28. The van der Waals surface area contributed by atoms with Gasteiger partial charge in [0.15, 0.2) is 5.82 Å². The molecule has 118 valence electrons. The molecule has 1 aromatic heterocycles. The molecule has 1 heterocycles. The van der Waals surface area contributed by atoms with Crippen LogP contribution in [-0.2, 0) is 21.4 Å². The van der Waals surface area contributed by atoms with Crippen molar-refractivity contribution in [2.24, 2.45) is 0 Å². The molecule has 0 aliphatic carbocycles. The summed E-state index contributed by atoms with van der Waals surface area (Å²) >= 11 is 0. The summed E-state index contributed by atoms with van der Waals surface area (Å²) in [7, 11) is 1.61. The van der Waals surface area contributed by atoms with E-state index in [-0.39, 0.29) is 24.3 Å². The van der Waals surface area contributed by atoms with Gasteiger partial charge < -0.3 is 14.5 Å². The molecule has 1 amide bonds. The second kappa shape index (κ2) is 7.19. The van der Waals surface area contributed by atoms with Crippen molar-refractivity contribution in [2.75, 3.05) is 13.6 Å². The summed E-state index contributed by atoms with van der Waals surface area (Å²) in [6.07, 6.45) is 1.44. The van der Waals surface area contributed by atoms with E-state index in [2.05, 4.69) is 10.1 Å². The lowest BCUT2D eigenvalue weighted by Gasteiger charge is -2.15. The van der Waals surface area contributed by atoms with E-state index in [1.165, 1.54) is 4.90 Å². The Morgan fingerprint density at radius 3 is 2.48 bits per heavy atom. The maximum Gasteiger partial charge on any atom is 0.305 e. The summed E-state index contributed by atoms with van der Waals surface area (Å²) in [4.78, 5) is 28.0. The molecule has 1 aromatic rings. The van der Waals surface area contributed by atoms with Gasteiger partial charge in [-0.25, -0.2) is 0 Å². The fourth-order valence-electron chi connectivity index (χ4n) is 1.63. The highest BCUT2D eigenvalue weighted by molar-refractivity contribution is 5.76. The predicted octanol–water partition coefficient (Wildman–Crippen LogP) is 1.62. The van der Waals surface area contributed by atoms with E-state index in [0.717, 1.165) is 0 Å². The van der Waals surface area contributed by atoms with Crippen molar-refractivity contribution >= 4 is 11.9 Å². The molecule has 0 atom stereocenters. The number of hydrogen-bond donors (Lipinski definition) is 1. The minimum absolute atomic E-state index is 0.0408. The molecular weight excluding hydrogens is 274 g/mol. The topological polar surface area (TPSA) is 96.5 Å². The number of aliphatic carboxylic acids is 1. The monoisotopic (exact) mass is 297 g/mol. The van der Waals surface area contributed by atoms with Gasteiger partial charge in [0.1, 0.15) is 0 Å². The van der Waals surface area contributed by atoms with Gasteiger partial charge in [-0.1, -0.05) is 25.9 Å². The molecule has 0 radical (unpaired) electrons. The first-order chi connectivity index (χ1) is 9.70. The van der Waals surface area contributed by atoms with Gasteiger partial charge in [-0.05, 0) is 6.42 Å². The molecule has 0 aliphatic heterocycles. The van der Waals surface area contributed by atoms with Crippen LogP contribution in [0.5, 0.6) is 0 Å². The first-order valence-corrected chi connectivity index (χ1v) is 6.99. The minimum Gasteiger partial charge on any atom is -0.481 e. The van der Waals surface area contributed by atoms with Gasteiger partial charge in [-0.15, -0.1) is 0 Å². The number of carbonyl (C=O) groups is 2. The summed E-state index contributed by atoms with van der Waals surface area (Å²) in [5, 5.41) is 12.5. The molecule has 21 heavy (non-hydrogen) atoms. The van der Waals surface area contributed by atoms with Gasteiger partial charge in [-0.3, -0.25) is 9.59 Å². The van der Waals surface area contributed by atoms with Gasteiger partial charge in [0, 0.05) is 31.8 Å². The van der Waals surface area contributed by atoms with Crippen LogP contribution in [0.3, 0.4) is 0 Å². The van der Waals surface area contributed by atoms with Crippen LogP contribution in [-0.4, -0.2) is 45.6 Å². The van der Waals surface area contributed by atoms with Crippen molar-refractivity contribution in [1.29, 1.82) is 0 Å². The van der Waals surface area contributed by atoms with Crippen LogP contribution in [0.1, 0.15) is 51.7 Å². The maximum absolute atomic E-state index is 11.8. The number of carbonyl (C=O) groups excluding carboxylic acids is 1. The summed E-state index contributed by atoms with van der Waals surface area (Å²) in [5.41, 5.74) is -0.158. The van der Waals surface area contributed by atoms with E-state index < -0.39 is 5.97 Å². The Morgan fingerprint density at radius 2 is 1.95 bits per heavy atom. The lowest BCUT2D eigenvalue weighted by molar-refractivity contribution is -0.138. The van der Waals surface area contributed by atoms with E-state index in [1.807, 2.05) is 20.8 Å². The van der Waals surface area contributed by atoms with Crippen LogP contribution >= 0.6 is 0 Å². The molecule has 0 spiro atoms. The van der Waals surface area contributed by atoms with Crippen LogP contribution in [0.2, 0.25) is 0 Å². The molecule has 1 N–H and O–H groups in total. The van der Waals surface area contributed by atoms with Gasteiger partial charge in [0.05, 0.1) is 6.42 Å². The van der Waals surface area contributed by atoms with E-state index in [4.69, 9.17) is 9.63 Å². The predicted molar refractivity (Wildman–Crippen MR) is 75.8 cm³/mol. The zero-order chi connectivity index (χ0) is 16.0. The third-order valence-corrected chi connectivity index (χ3v) is 3.01. The number of amides is 1. The Hall–Kier alpha value is -1.92. The first kappa shape index (κ1) is 17.1. The molecular formula is C14H23N3O4. The summed E-state index contributed by atoms with van der Waals surface area (Å²) < 4.78 is 5.15. The van der Waals surface area contributed by atoms with Gasteiger partial charge >= 0.3 is 5.97 Å². The summed E-state index contributed by atoms with van der Waals surface area (Å²) in [5.74, 6) is 0.199. The Kier molecular flexibility index (Phi) is 5.87. The SMILES string of the molecule is CN(CCC(=O)O)C(=O)CCCc1nc(C(C)(C)C)no1. The van der Waals surface area contributed by atoms with E-state index in [0.29, 0.717) is 31.0 Å². The van der Waals surface area contributed by atoms with Crippen molar-refractivity contribution in [2.45, 2.75) is 51.9 Å². The molecule has 0 fully saturated rings. The molecule has 0 aliphatic rings. The standard InChI is InChI=1S/C14H23N3O4/c1-14(2,3)13-15-10(21-16-13)6-5-7-11(18)17(4)9-8-12(19)20/h5-9H2,1-4H3,(H,19,20). The van der Waals surface area contributed by atoms with Crippen LogP contribution < -0.4 is 0 Å². The van der Waals surface area contributed by atoms with Crippen molar-refractivity contribution in [3.63, 3.8) is 0 Å².